The highest BCUT2D eigenvalue weighted by molar-refractivity contribution is 7.90. The second-order valence-electron chi connectivity index (χ2n) is 6.73. The number of pyridine rings is 1. The Morgan fingerprint density at radius 2 is 1.86 bits per heavy atom. The van der Waals surface area contributed by atoms with E-state index in [1.54, 1.807) is 24.3 Å². The molecule has 1 N–H and O–H groups in total. The van der Waals surface area contributed by atoms with E-state index in [-0.39, 0.29) is 0 Å². The number of para-hydroxylation sites is 2. The van der Waals surface area contributed by atoms with Crippen molar-refractivity contribution in [1.29, 1.82) is 5.26 Å². The highest BCUT2D eigenvalue weighted by atomic mass is 32.2. The molecule has 0 radical (unpaired) electrons. The van der Waals surface area contributed by atoms with E-state index in [1.165, 1.54) is 6.26 Å². The monoisotopic (exact) mass is 390 g/mol. The average Bonchev–Trinajstić information content (AvgIpc) is 3.05. The summed E-state index contributed by atoms with van der Waals surface area (Å²) < 4.78 is 25.2. The quantitative estimate of drug-likeness (QED) is 0.574. The Labute approximate surface area is 163 Å². The molecule has 0 unspecified atom stereocenters. The first kappa shape index (κ1) is 18.0. The van der Waals surface area contributed by atoms with Crippen molar-refractivity contribution in [1.82, 2.24) is 9.38 Å². The molecule has 140 valence electrons. The van der Waals surface area contributed by atoms with E-state index in [9.17, 15) is 13.7 Å². The van der Waals surface area contributed by atoms with Crippen LogP contribution in [-0.2, 0) is 16.4 Å². The van der Waals surface area contributed by atoms with Crippen molar-refractivity contribution in [2.24, 2.45) is 0 Å². The number of nitrogens with one attached hydrogen (secondary N) is 1. The maximum atomic E-state index is 11.6. The molecule has 0 saturated heterocycles. The highest BCUT2D eigenvalue weighted by Crippen LogP contribution is 2.27. The number of nitrogens with zero attached hydrogens (tertiary/aromatic N) is 3. The molecule has 0 atom stereocenters. The zero-order valence-electron chi connectivity index (χ0n) is 15.5. The molecular formula is C21H18N4O2S. The summed E-state index contributed by atoms with van der Waals surface area (Å²) in [5.41, 5.74) is 4.72. The van der Waals surface area contributed by atoms with Gasteiger partial charge >= 0.3 is 0 Å². The number of hydrogen-bond donors (Lipinski definition) is 1. The average molecular weight is 390 g/mol. The molecule has 6 nitrogen and oxygen atoms in total. The second-order valence-corrected chi connectivity index (χ2v) is 8.74. The van der Waals surface area contributed by atoms with E-state index in [0.29, 0.717) is 22.7 Å². The Morgan fingerprint density at radius 3 is 2.54 bits per heavy atom. The summed E-state index contributed by atoms with van der Waals surface area (Å²) in [7, 11) is -3.21. The first-order valence-corrected chi connectivity index (χ1v) is 10.6. The molecule has 2 heterocycles. The summed E-state index contributed by atoms with van der Waals surface area (Å²) >= 11 is 0. The molecule has 4 rings (SSSR count). The molecule has 0 spiro atoms. The van der Waals surface area contributed by atoms with Crippen molar-refractivity contribution < 1.29 is 8.42 Å². The Balaban J connectivity index is 1.76. The molecule has 0 fully saturated rings. The summed E-state index contributed by atoms with van der Waals surface area (Å²) in [4.78, 5) is 4.93. The van der Waals surface area contributed by atoms with Gasteiger partial charge in [0, 0.05) is 12.8 Å². The largest absolute Gasteiger partial charge is 0.367 e. The number of aromatic nitrogens is 2. The summed E-state index contributed by atoms with van der Waals surface area (Å²) in [6.07, 6.45) is 1.20. The zero-order valence-corrected chi connectivity index (χ0v) is 16.3. The number of anilines is 1. The molecule has 0 aliphatic carbocycles. The Kier molecular flexibility index (Phi) is 4.28. The molecule has 0 aliphatic rings. The number of aryl methyl sites for hydroxylation is 1. The first-order valence-electron chi connectivity index (χ1n) is 8.72. The number of hydrogen-bond acceptors (Lipinski definition) is 5. The van der Waals surface area contributed by atoms with Crippen molar-refractivity contribution in [3.05, 3.63) is 71.3 Å². The molecule has 0 aliphatic heterocycles. The van der Waals surface area contributed by atoms with Gasteiger partial charge in [0.2, 0.25) is 0 Å². The van der Waals surface area contributed by atoms with Gasteiger partial charge < -0.3 is 5.32 Å². The lowest BCUT2D eigenvalue weighted by Gasteiger charge is -2.13. The topological polar surface area (TPSA) is 87.3 Å². The van der Waals surface area contributed by atoms with E-state index in [1.807, 2.05) is 41.7 Å². The van der Waals surface area contributed by atoms with Gasteiger partial charge in [0.25, 0.3) is 0 Å². The fourth-order valence-electron chi connectivity index (χ4n) is 3.27. The van der Waals surface area contributed by atoms with E-state index in [2.05, 4.69) is 16.4 Å². The van der Waals surface area contributed by atoms with Crippen molar-refractivity contribution in [2.75, 3.05) is 11.6 Å². The Morgan fingerprint density at radius 1 is 1.14 bits per heavy atom. The van der Waals surface area contributed by atoms with Gasteiger partial charge in [-0.15, -0.1) is 0 Å². The molecule has 2 aromatic carbocycles. The Bertz CT molecular complexity index is 1350. The van der Waals surface area contributed by atoms with Crippen LogP contribution in [0.5, 0.6) is 0 Å². The van der Waals surface area contributed by atoms with Gasteiger partial charge in [-0.05, 0) is 48.4 Å². The van der Waals surface area contributed by atoms with E-state index in [4.69, 9.17) is 0 Å². The van der Waals surface area contributed by atoms with Gasteiger partial charge in [-0.3, -0.25) is 4.40 Å². The minimum atomic E-state index is -3.21. The van der Waals surface area contributed by atoms with Crippen molar-refractivity contribution >= 4 is 32.3 Å². The number of benzene rings is 2. The normalized spacial score (nSPS) is 11.6. The van der Waals surface area contributed by atoms with Crippen molar-refractivity contribution in [3.8, 4) is 6.07 Å². The van der Waals surface area contributed by atoms with Gasteiger partial charge in [0.15, 0.2) is 15.5 Å². The molecule has 7 heteroatoms. The summed E-state index contributed by atoms with van der Waals surface area (Å²) in [5, 5.41) is 13.0. The van der Waals surface area contributed by atoms with Crippen LogP contribution in [0.25, 0.3) is 16.7 Å². The number of nitriles is 1. The third kappa shape index (κ3) is 3.08. The van der Waals surface area contributed by atoms with Crippen LogP contribution in [0, 0.1) is 18.3 Å². The third-order valence-corrected chi connectivity index (χ3v) is 5.84. The minimum Gasteiger partial charge on any atom is -0.367 e. The number of imidazole rings is 1. The molecule has 2 aromatic heterocycles. The smallest absolute Gasteiger partial charge is 0.175 e. The van der Waals surface area contributed by atoms with E-state index >= 15 is 0 Å². The molecular weight excluding hydrogens is 372 g/mol. The minimum absolute atomic E-state index is 0.300. The number of rotatable bonds is 4. The lowest BCUT2D eigenvalue weighted by Crippen LogP contribution is -2.06. The van der Waals surface area contributed by atoms with Gasteiger partial charge in [0.05, 0.1) is 21.5 Å². The van der Waals surface area contributed by atoms with Crippen LogP contribution in [0.4, 0.5) is 5.82 Å². The molecule has 0 bridgehead atoms. The van der Waals surface area contributed by atoms with Crippen molar-refractivity contribution in [2.45, 2.75) is 18.4 Å². The van der Waals surface area contributed by atoms with Crippen LogP contribution >= 0.6 is 0 Å². The molecule has 4 aromatic rings. The van der Waals surface area contributed by atoms with Crippen LogP contribution in [0.2, 0.25) is 0 Å². The Hall–Kier alpha value is -3.37. The second kappa shape index (κ2) is 6.66. The van der Waals surface area contributed by atoms with Crippen LogP contribution in [0.15, 0.2) is 59.5 Å². The lowest BCUT2D eigenvalue weighted by molar-refractivity contribution is 0.602. The SMILES string of the molecule is Cc1cc(NCc2ccc(S(C)(=O)=O)cc2)n2c(nc3ccccc32)c1C#N. The highest BCUT2D eigenvalue weighted by Gasteiger charge is 2.15. The number of sulfone groups is 1. The lowest BCUT2D eigenvalue weighted by atomic mass is 10.1. The maximum Gasteiger partial charge on any atom is 0.175 e. The van der Waals surface area contributed by atoms with Crippen LogP contribution < -0.4 is 5.32 Å². The third-order valence-electron chi connectivity index (χ3n) is 4.71. The molecule has 0 amide bonds. The van der Waals surface area contributed by atoms with Crippen LogP contribution in [-0.4, -0.2) is 24.1 Å². The summed E-state index contributed by atoms with van der Waals surface area (Å²) in [6, 6.07) is 18.8. The predicted molar refractivity (Wildman–Crippen MR) is 109 cm³/mol. The summed E-state index contributed by atoms with van der Waals surface area (Å²) in [5.74, 6) is 0.826. The fraction of sp³-hybridized carbons (Fsp3) is 0.143. The fourth-order valence-corrected chi connectivity index (χ4v) is 3.90. The molecule has 0 saturated carbocycles. The standard InChI is InChI=1S/C21H18N4O2S/c1-14-11-20(23-13-15-7-9-16(10-8-15)28(2,26)27)25-19-6-4-3-5-18(19)24-21(25)17(14)12-22/h3-11,23H,13H2,1-2H3. The zero-order chi connectivity index (χ0) is 19.9. The van der Waals surface area contributed by atoms with Crippen molar-refractivity contribution in [3.63, 3.8) is 0 Å². The van der Waals surface area contributed by atoms with Crippen LogP contribution in [0.3, 0.4) is 0 Å². The van der Waals surface area contributed by atoms with Gasteiger partial charge in [-0.1, -0.05) is 24.3 Å². The van der Waals surface area contributed by atoms with Crippen LogP contribution in [0.1, 0.15) is 16.7 Å². The van der Waals surface area contributed by atoms with E-state index in [0.717, 1.165) is 28.0 Å². The summed E-state index contributed by atoms with van der Waals surface area (Å²) in [6.45, 7) is 2.40. The van der Waals surface area contributed by atoms with Gasteiger partial charge in [0.1, 0.15) is 11.9 Å². The van der Waals surface area contributed by atoms with Gasteiger partial charge in [-0.25, -0.2) is 13.4 Å². The molecule has 28 heavy (non-hydrogen) atoms. The van der Waals surface area contributed by atoms with E-state index < -0.39 is 9.84 Å². The maximum absolute atomic E-state index is 11.6. The van der Waals surface area contributed by atoms with Gasteiger partial charge in [-0.2, -0.15) is 5.26 Å². The number of fused-ring (bicyclic) bond motifs is 3. The predicted octanol–water partition coefficient (Wildman–Crippen LogP) is 3.68. The first-order chi connectivity index (χ1) is 13.4.